The van der Waals surface area contributed by atoms with Gasteiger partial charge in [-0.25, -0.2) is 0 Å². The van der Waals surface area contributed by atoms with Gasteiger partial charge < -0.3 is 15.5 Å². The van der Waals surface area contributed by atoms with Crippen molar-refractivity contribution in [3.8, 4) is 11.5 Å². The first-order chi connectivity index (χ1) is 10.6. The molecule has 0 bridgehead atoms. The molecule has 6 heteroatoms. The number of carbonyl (C=O) groups is 2. The average molecular weight is 296 g/mol. The molecule has 0 saturated carbocycles. The van der Waals surface area contributed by atoms with Gasteiger partial charge in [0.25, 0.3) is 11.8 Å². The zero-order valence-corrected chi connectivity index (χ0v) is 11.3. The average Bonchev–Trinajstić information content (AvgIpc) is 2.49. The fourth-order valence-electron chi connectivity index (χ4n) is 2.21. The first-order valence-electron chi connectivity index (χ1n) is 6.50. The first-order valence-corrected chi connectivity index (χ1v) is 6.50. The topological polar surface area (TPSA) is 98.7 Å². The van der Waals surface area contributed by atoms with Gasteiger partial charge in [-0.05, 0) is 18.2 Å². The van der Waals surface area contributed by atoms with Crippen molar-refractivity contribution in [3.63, 3.8) is 0 Å². The van der Waals surface area contributed by atoms with Crippen molar-refractivity contribution in [1.82, 2.24) is 5.32 Å². The zero-order valence-electron chi connectivity index (χ0n) is 11.3. The fraction of sp³-hybridized carbons (Fsp3) is 0. The van der Waals surface area contributed by atoms with Crippen LogP contribution in [0.2, 0.25) is 0 Å². The van der Waals surface area contributed by atoms with E-state index in [1.54, 1.807) is 24.3 Å². The largest absolute Gasteiger partial charge is 0.508 e. The number of rotatable bonds is 2. The lowest BCUT2D eigenvalue weighted by Gasteiger charge is -2.18. The molecule has 0 spiro atoms. The van der Waals surface area contributed by atoms with Crippen LogP contribution in [-0.4, -0.2) is 22.0 Å². The maximum Gasteiger partial charge on any atom is 0.260 e. The molecule has 22 heavy (non-hydrogen) atoms. The van der Waals surface area contributed by atoms with Crippen molar-refractivity contribution in [2.24, 2.45) is 0 Å². The highest BCUT2D eigenvalue weighted by molar-refractivity contribution is 6.31. The number of phenolic OH excluding ortho intramolecular Hbond substituents is 2. The smallest absolute Gasteiger partial charge is 0.260 e. The number of anilines is 1. The molecule has 3 rings (SSSR count). The minimum absolute atomic E-state index is 0.0675. The van der Waals surface area contributed by atoms with Crippen LogP contribution in [0.4, 0.5) is 5.69 Å². The lowest BCUT2D eigenvalue weighted by atomic mass is 9.96. The number of nitrogens with one attached hydrogen (secondary N) is 2. The molecule has 0 radical (unpaired) electrons. The molecular weight excluding hydrogens is 284 g/mol. The summed E-state index contributed by atoms with van der Waals surface area (Å²) >= 11 is 0. The van der Waals surface area contributed by atoms with Crippen LogP contribution < -0.4 is 10.6 Å². The molecular formula is C16H12N2O4. The molecule has 0 aliphatic carbocycles. The molecule has 1 aliphatic rings. The Hall–Kier alpha value is -3.28. The number of hydrogen-bond donors (Lipinski definition) is 4. The standard InChI is InChI=1S/C16H12N2O4/c19-9-5-6-13(14(20)7-9)17-8-12-10-3-1-2-4-11(10)15(21)18-16(12)22/h1-8,17,19-20H,(H,18,21,22)/b12-8-. The zero-order chi connectivity index (χ0) is 15.7. The van der Waals surface area contributed by atoms with Gasteiger partial charge in [-0.2, -0.15) is 0 Å². The summed E-state index contributed by atoms with van der Waals surface area (Å²) in [6, 6.07) is 10.8. The van der Waals surface area contributed by atoms with Crippen molar-refractivity contribution in [1.29, 1.82) is 0 Å². The third kappa shape index (κ3) is 2.37. The molecule has 1 heterocycles. The highest BCUT2D eigenvalue weighted by Crippen LogP contribution is 2.29. The molecule has 0 fully saturated rings. The van der Waals surface area contributed by atoms with Crippen molar-refractivity contribution in [2.75, 3.05) is 5.32 Å². The maximum atomic E-state index is 12.0. The molecule has 6 nitrogen and oxygen atoms in total. The number of carbonyl (C=O) groups excluding carboxylic acids is 2. The molecule has 0 aromatic heterocycles. The van der Waals surface area contributed by atoms with Gasteiger partial charge in [0.2, 0.25) is 0 Å². The predicted octanol–water partition coefficient (Wildman–Crippen LogP) is 1.82. The Bertz CT molecular complexity index is 812. The molecule has 4 N–H and O–H groups in total. The predicted molar refractivity (Wildman–Crippen MR) is 80.3 cm³/mol. The third-order valence-electron chi connectivity index (χ3n) is 3.29. The maximum absolute atomic E-state index is 12.0. The van der Waals surface area contributed by atoms with Gasteiger partial charge in [-0.15, -0.1) is 0 Å². The van der Waals surface area contributed by atoms with Gasteiger partial charge in [-0.1, -0.05) is 18.2 Å². The van der Waals surface area contributed by atoms with E-state index >= 15 is 0 Å². The molecule has 2 amide bonds. The number of hydrogen-bond acceptors (Lipinski definition) is 5. The quantitative estimate of drug-likeness (QED) is 0.293. The Morgan fingerprint density at radius 1 is 0.955 bits per heavy atom. The summed E-state index contributed by atoms with van der Waals surface area (Å²) < 4.78 is 0. The van der Waals surface area contributed by atoms with Crippen LogP contribution >= 0.6 is 0 Å². The number of phenols is 2. The summed E-state index contributed by atoms with van der Waals surface area (Å²) in [7, 11) is 0. The highest BCUT2D eigenvalue weighted by Gasteiger charge is 2.26. The number of imide groups is 1. The minimum Gasteiger partial charge on any atom is -0.508 e. The first kappa shape index (κ1) is 13.7. The second-order valence-corrected chi connectivity index (χ2v) is 4.73. The van der Waals surface area contributed by atoms with Crippen molar-refractivity contribution in [2.45, 2.75) is 0 Å². The normalized spacial score (nSPS) is 15.4. The number of aromatic hydroxyl groups is 2. The summed E-state index contributed by atoms with van der Waals surface area (Å²) in [5, 5.41) is 24.0. The van der Waals surface area contributed by atoms with Crippen LogP contribution in [-0.2, 0) is 4.79 Å². The van der Waals surface area contributed by atoms with E-state index in [-0.39, 0.29) is 17.1 Å². The van der Waals surface area contributed by atoms with E-state index in [9.17, 15) is 19.8 Å². The van der Waals surface area contributed by atoms with E-state index < -0.39 is 11.8 Å². The van der Waals surface area contributed by atoms with Gasteiger partial charge in [0.05, 0.1) is 11.3 Å². The number of fused-ring (bicyclic) bond motifs is 1. The van der Waals surface area contributed by atoms with Crippen LogP contribution in [0.1, 0.15) is 15.9 Å². The third-order valence-corrected chi connectivity index (χ3v) is 3.29. The lowest BCUT2D eigenvalue weighted by molar-refractivity contribution is -0.114. The van der Waals surface area contributed by atoms with E-state index in [1.165, 1.54) is 24.4 Å². The van der Waals surface area contributed by atoms with E-state index in [0.717, 1.165) is 0 Å². The van der Waals surface area contributed by atoms with Gasteiger partial charge in [0.15, 0.2) is 0 Å². The Labute approximate surface area is 125 Å². The molecule has 2 aromatic carbocycles. The van der Waals surface area contributed by atoms with Gasteiger partial charge >= 0.3 is 0 Å². The van der Waals surface area contributed by atoms with Crippen molar-refractivity contribution < 1.29 is 19.8 Å². The molecule has 0 saturated heterocycles. The second-order valence-electron chi connectivity index (χ2n) is 4.73. The van der Waals surface area contributed by atoms with Gasteiger partial charge in [-0.3, -0.25) is 14.9 Å². The SMILES string of the molecule is O=C1NC(=O)c2ccccc2/C1=C/Nc1ccc(O)cc1O. The number of amides is 2. The Morgan fingerprint density at radius 3 is 2.41 bits per heavy atom. The van der Waals surface area contributed by atoms with Gasteiger partial charge in [0, 0.05) is 23.4 Å². The Morgan fingerprint density at radius 2 is 1.68 bits per heavy atom. The summed E-state index contributed by atoms with van der Waals surface area (Å²) in [5.41, 5.74) is 1.53. The molecule has 0 atom stereocenters. The highest BCUT2D eigenvalue weighted by atomic mass is 16.3. The Balaban J connectivity index is 1.98. The van der Waals surface area contributed by atoms with Crippen LogP contribution in [0.15, 0.2) is 48.7 Å². The van der Waals surface area contributed by atoms with Gasteiger partial charge in [0.1, 0.15) is 11.5 Å². The van der Waals surface area contributed by atoms with Crippen molar-refractivity contribution in [3.05, 3.63) is 59.8 Å². The second kappa shape index (κ2) is 5.25. The van der Waals surface area contributed by atoms with Crippen molar-refractivity contribution >= 4 is 23.1 Å². The van der Waals surface area contributed by atoms with Crippen LogP contribution in [0.5, 0.6) is 11.5 Å². The monoisotopic (exact) mass is 296 g/mol. The Kier molecular flexibility index (Phi) is 3.27. The van der Waals surface area contributed by atoms with E-state index in [2.05, 4.69) is 10.6 Å². The summed E-state index contributed by atoms with van der Waals surface area (Å²) in [6.45, 7) is 0. The summed E-state index contributed by atoms with van der Waals surface area (Å²) in [5.74, 6) is -1.18. The number of benzene rings is 2. The lowest BCUT2D eigenvalue weighted by Crippen LogP contribution is -2.36. The van der Waals surface area contributed by atoms with Crippen LogP contribution in [0.3, 0.4) is 0 Å². The van der Waals surface area contributed by atoms with E-state index in [4.69, 9.17) is 0 Å². The summed E-state index contributed by atoms with van der Waals surface area (Å²) in [6.07, 6.45) is 1.41. The molecule has 110 valence electrons. The fourth-order valence-corrected chi connectivity index (χ4v) is 2.21. The van der Waals surface area contributed by atoms with Crippen LogP contribution in [0, 0.1) is 0 Å². The summed E-state index contributed by atoms with van der Waals surface area (Å²) in [4.78, 5) is 23.7. The minimum atomic E-state index is -0.519. The molecule has 2 aromatic rings. The van der Waals surface area contributed by atoms with Crippen LogP contribution in [0.25, 0.3) is 5.57 Å². The van der Waals surface area contributed by atoms with E-state index in [1.807, 2.05) is 0 Å². The van der Waals surface area contributed by atoms with E-state index in [0.29, 0.717) is 16.8 Å². The molecule has 0 unspecified atom stereocenters. The molecule has 1 aliphatic heterocycles.